The maximum atomic E-state index is 12.9. The lowest BCUT2D eigenvalue weighted by Gasteiger charge is -2.58. The molecule has 0 radical (unpaired) electrons. The predicted molar refractivity (Wildman–Crippen MR) is 159 cm³/mol. The fourth-order valence-electron chi connectivity index (χ4n) is 9.62. The third kappa shape index (κ3) is 5.23. The largest absolute Gasteiger partial charge is 0.458 e. The molecule has 0 amide bonds. The second-order valence-electron chi connectivity index (χ2n) is 14.2. The number of rotatable bonds is 7. The van der Waals surface area contributed by atoms with Crippen molar-refractivity contribution in [2.45, 2.75) is 111 Å². The van der Waals surface area contributed by atoms with Crippen molar-refractivity contribution in [3.63, 3.8) is 0 Å². The lowest BCUT2D eigenvalue weighted by atomic mass is 9.47. The Balaban J connectivity index is 1.25. The molecule has 3 fully saturated rings. The Labute approximate surface area is 241 Å². The molecule has 0 heterocycles. The van der Waals surface area contributed by atoms with E-state index in [1.54, 1.807) is 23.8 Å². The van der Waals surface area contributed by atoms with Crippen molar-refractivity contribution in [3.8, 4) is 0 Å². The van der Waals surface area contributed by atoms with Gasteiger partial charge in [-0.25, -0.2) is 4.79 Å². The quantitative estimate of drug-likeness (QED) is 0.245. The number of ether oxygens (including phenoxy) is 1. The second-order valence-corrected chi connectivity index (χ2v) is 15.0. The normalized spacial score (nSPS) is 37.2. The number of carbonyl (C=O) groups is 1. The van der Waals surface area contributed by atoms with Gasteiger partial charge in [0.1, 0.15) is 6.10 Å². The zero-order valence-corrected chi connectivity index (χ0v) is 25.7. The van der Waals surface area contributed by atoms with E-state index in [9.17, 15) is 4.79 Å². The minimum absolute atomic E-state index is 0.0680. The van der Waals surface area contributed by atoms with Crippen LogP contribution in [0.4, 0.5) is 0 Å². The van der Waals surface area contributed by atoms with Crippen molar-refractivity contribution in [1.82, 2.24) is 0 Å². The monoisotopic (exact) mass is 558 g/mol. The number of hydrogen-bond acceptors (Lipinski definition) is 2. The molecule has 4 heteroatoms. The van der Waals surface area contributed by atoms with Crippen LogP contribution in [-0.4, -0.2) is 12.1 Å². The summed E-state index contributed by atoms with van der Waals surface area (Å²) in [6.07, 6.45) is 16.4. The van der Waals surface area contributed by atoms with Gasteiger partial charge in [0, 0.05) is 11.4 Å². The molecule has 0 aliphatic heterocycles. The van der Waals surface area contributed by atoms with Crippen molar-refractivity contribution in [2.75, 3.05) is 0 Å². The third-order valence-electron chi connectivity index (χ3n) is 11.7. The molecule has 0 aromatic heterocycles. The van der Waals surface area contributed by atoms with E-state index in [1.807, 2.05) is 0 Å². The number of carbonyl (C=O) groups excluding carboxylic acids is 1. The van der Waals surface area contributed by atoms with Gasteiger partial charge in [-0.3, -0.25) is 0 Å². The van der Waals surface area contributed by atoms with Crippen LogP contribution in [-0.2, 0) is 4.74 Å². The van der Waals surface area contributed by atoms with Crippen molar-refractivity contribution in [2.24, 2.45) is 46.3 Å². The second kappa shape index (κ2) is 11.1. The van der Waals surface area contributed by atoms with Crippen molar-refractivity contribution >= 4 is 29.2 Å². The summed E-state index contributed by atoms with van der Waals surface area (Å²) in [6.45, 7) is 12.5. The summed E-state index contributed by atoms with van der Waals surface area (Å²) in [5, 5.41) is 0.886. The van der Waals surface area contributed by atoms with E-state index < -0.39 is 0 Å². The van der Waals surface area contributed by atoms with Crippen molar-refractivity contribution < 1.29 is 9.53 Å². The van der Waals surface area contributed by atoms with E-state index in [0.29, 0.717) is 21.0 Å². The summed E-state index contributed by atoms with van der Waals surface area (Å²) in [5.41, 5.74) is 2.73. The lowest BCUT2D eigenvalue weighted by molar-refractivity contribution is -0.0594. The van der Waals surface area contributed by atoms with Gasteiger partial charge in [0.2, 0.25) is 0 Å². The molecule has 38 heavy (non-hydrogen) atoms. The predicted octanol–water partition coefficient (Wildman–Crippen LogP) is 10.6. The molecule has 210 valence electrons. The molecule has 0 unspecified atom stereocenters. The van der Waals surface area contributed by atoms with Crippen LogP contribution in [0.2, 0.25) is 10.0 Å². The maximum Gasteiger partial charge on any atom is 0.339 e. The average Bonchev–Trinajstić information content (AvgIpc) is 3.21. The molecule has 1 aromatic rings. The molecule has 2 nitrogen and oxygen atoms in total. The Morgan fingerprint density at radius 1 is 1.03 bits per heavy atom. The first-order valence-corrected chi connectivity index (χ1v) is 16.1. The van der Waals surface area contributed by atoms with Crippen LogP contribution in [0, 0.1) is 46.3 Å². The Morgan fingerprint density at radius 3 is 2.55 bits per heavy atom. The summed E-state index contributed by atoms with van der Waals surface area (Å²) < 4.78 is 5.99. The molecule has 5 rings (SSSR count). The van der Waals surface area contributed by atoms with Crippen LogP contribution >= 0.6 is 23.2 Å². The molecule has 0 spiro atoms. The first-order chi connectivity index (χ1) is 18.0. The molecular formula is C34H48Cl2O2. The highest BCUT2D eigenvalue weighted by atomic mass is 35.5. The molecular weight excluding hydrogens is 511 g/mol. The van der Waals surface area contributed by atoms with Crippen molar-refractivity contribution in [3.05, 3.63) is 45.5 Å². The standard InChI is InChI=1S/C34H48Cl2O2/c1-21(2)7-6-8-22(3)28-13-14-29-26-11-9-23-19-25(38-32(37)27-12-10-24(35)20-31(27)36)15-17-33(23,4)30(26)16-18-34(28,29)5/h9-10,12,20-22,25-26,28-30H,6-8,11,13-19H2,1-5H3/t22-,25-,26+,28+,29-,30-,33-,34+/m1/s1. The molecule has 0 saturated heterocycles. The zero-order chi connectivity index (χ0) is 27.2. The number of hydrogen-bond donors (Lipinski definition) is 0. The highest BCUT2D eigenvalue weighted by molar-refractivity contribution is 6.36. The molecule has 8 atom stereocenters. The van der Waals surface area contributed by atoms with Gasteiger partial charge in [0.15, 0.2) is 0 Å². The van der Waals surface area contributed by atoms with Crippen LogP contribution in [0.3, 0.4) is 0 Å². The zero-order valence-electron chi connectivity index (χ0n) is 24.2. The van der Waals surface area contributed by atoms with Crippen LogP contribution < -0.4 is 0 Å². The highest BCUT2D eigenvalue weighted by Gasteiger charge is 2.59. The number of halogens is 2. The van der Waals surface area contributed by atoms with Crippen LogP contribution in [0.15, 0.2) is 29.8 Å². The Hall–Kier alpha value is -0.990. The molecule has 4 aliphatic carbocycles. The lowest BCUT2D eigenvalue weighted by Crippen LogP contribution is -2.51. The first kappa shape index (κ1) is 28.5. The average molecular weight is 560 g/mol. The van der Waals surface area contributed by atoms with Gasteiger partial charge in [-0.05, 0) is 109 Å². The summed E-state index contributed by atoms with van der Waals surface area (Å²) in [7, 11) is 0. The fourth-order valence-corrected chi connectivity index (χ4v) is 10.1. The highest BCUT2D eigenvalue weighted by Crippen LogP contribution is 2.67. The van der Waals surface area contributed by atoms with Gasteiger partial charge < -0.3 is 4.74 Å². The SMILES string of the molecule is CC(C)CCC[C@@H](C)[C@@H]1CC[C@@H]2[C@@H]3CC=C4C[C@H](OC(=O)c5ccc(Cl)cc5Cl)CC[C@@]4(C)[C@@H]3CC[C@]21C. The summed E-state index contributed by atoms with van der Waals surface area (Å²) in [6, 6.07) is 4.98. The number of esters is 1. The summed E-state index contributed by atoms with van der Waals surface area (Å²) in [4.78, 5) is 12.9. The maximum absolute atomic E-state index is 12.9. The summed E-state index contributed by atoms with van der Waals surface area (Å²) in [5.74, 6) is 4.71. The van der Waals surface area contributed by atoms with Gasteiger partial charge >= 0.3 is 5.97 Å². The fraction of sp³-hybridized carbons (Fsp3) is 0.735. The minimum Gasteiger partial charge on any atom is -0.458 e. The van der Waals surface area contributed by atoms with E-state index in [-0.39, 0.29) is 17.5 Å². The van der Waals surface area contributed by atoms with Gasteiger partial charge in [-0.1, -0.05) is 88.7 Å². The summed E-state index contributed by atoms with van der Waals surface area (Å²) >= 11 is 12.3. The number of benzene rings is 1. The number of allylic oxidation sites excluding steroid dienone is 1. The third-order valence-corrected chi connectivity index (χ3v) is 12.2. The van der Waals surface area contributed by atoms with E-state index in [0.717, 1.165) is 54.8 Å². The van der Waals surface area contributed by atoms with E-state index in [2.05, 4.69) is 40.7 Å². The van der Waals surface area contributed by atoms with Crippen LogP contribution in [0.25, 0.3) is 0 Å². The van der Waals surface area contributed by atoms with E-state index >= 15 is 0 Å². The Bertz CT molecular complexity index is 1060. The van der Waals surface area contributed by atoms with Gasteiger partial charge in [0.25, 0.3) is 0 Å². The topological polar surface area (TPSA) is 26.3 Å². The minimum atomic E-state index is -0.331. The number of fused-ring (bicyclic) bond motifs is 5. The molecule has 3 saturated carbocycles. The molecule has 0 N–H and O–H groups in total. The Kier molecular flexibility index (Phi) is 8.35. The van der Waals surface area contributed by atoms with Gasteiger partial charge in [-0.15, -0.1) is 0 Å². The van der Waals surface area contributed by atoms with Crippen molar-refractivity contribution in [1.29, 1.82) is 0 Å². The Morgan fingerprint density at radius 2 is 1.82 bits per heavy atom. The van der Waals surface area contributed by atoms with Gasteiger partial charge in [-0.2, -0.15) is 0 Å². The smallest absolute Gasteiger partial charge is 0.339 e. The molecule has 4 aliphatic rings. The van der Waals surface area contributed by atoms with E-state index in [1.165, 1.54) is 51.4 Å². The van der Waals surface area contributed by atoms with Crippen LogP contribution in [0.5, 0.6) is 0 Å². The van der Waals surface area contributed by atoms with Gasteiger partial charge in [0.05, 0.1) is 10.6 Å². The molecule has 0 bridgehead atoms. The van der Waals surface area contributed by atoms with E-state index in [4.69, 9.17) is 27.9 Å². The first-order valence-electron chi connectivity index (χ1n) is 15.4. The van der Waals surface area contributed by atoms with Crippen LogP contribution in [0.1, 0.15) is 116 Å². The molecule has 1 aromatic carbocycles.